The summed E-state index contributed by atoms with van der Waals surface area (Å²) in [7, 11) is -3.50. The van der Waals surface area contributed by atoms with Crippen LogP contribution in [0.25, 0.3) is 110 Å². The van der Waals surface area contributed by atoms with Crippen LogP contribution in [0.5, 0.6) is 0 Å². The molecule has 0 amide bonds. The van der Waals surface area contributed by atoms with Gasteiger partial charge in [0.05, 0.1) is 5.52 Å². The Kier molecular flexibility index (Phi) is 10.3. The van der Waals surface area contributed by atoms with Gasteiger partial charge >= 0.3 is 0 Å². The first kappa shape index (κ1) is 49.4. The lowest BCUT2D eigenvalue weighted by Crippen LogP contribution is -2.29. The van der Waals surface area contributed by atoms with Gasteiger partial charge < -0.3 is 13.4 Å². The molecule has 0 radical (unpaired) electrons. The zero-order valence-corrected chi connectivity index (χ0v) is 48.4. The molecule has 0 fully saturated rings. The Morgan fingerprint density at radius 1 is 0.307 bits per heavy atom. The van der Waals surface area contributed by atoms with Gasteiger partial charge in [0.25, 0.3) is 0 Å². The average molecular weight is 1140 g/mol. The van der Waals surface area contributed by atoms with Crippen molar-refractivity contribution in [1.82, 2.24) is 4.98 Å². The second-order valence-corrected chi connectivity index (χ2v) is 26.5. The predicted octanol–water partition coefficient (Wildman–Crippen LogP) is 19.7. The molecular formula is C83H50NO3P. The largest absolute Gasteiger partial charge is 0.459 e. The van der Waals surface area contributed by atoms with Gasteiger partial charge in [-0.15, -0.1) is 0 Å². The Morgan fingerprint density at radius 3 is 1.34 bits per heavy atom. The number of furan rings is 2. The molecule has 5 heteroatoms. The zero-order chi connectivity index (χ0) is 57.9. The molecule has 4 aliphatic rings. The molecule has 0 N–H and O–H groups in total. The minimum absolute atomic E-state index is 0.509. The van der Waals surface area contributed by atoms with Crippen LogP contribution < -0.4 is 15.9 Å². The number of rotatable bonds is 4. The van der Waals surface area contributed by atoms with Crippen molar-refractivity contribution in [1.29, 1.82) is 0 Å². The molecule has 0 unspecified atom stereocenters. The highest BCUT2D eigenvalue weighted by molar-refractivity contribution is 7.85. The molecular weight excluding hydrogens is 1090 g/mol. The van der Waals surface area contributed by atoms with Gasteiger partial charge in [0.15, 0.2) is 7.14 Å². The van der Waals surface area contributed by atoms with E-state index in [1.807, 2.05) is 18.3 Å². The summed E-state index contributed by atoms with van der Waals surface area (Å²) in [4.78, 5) is 4.76. The van der Waals surface area contributed by atoms with Crippen LogP contribution in [0.1, 0.15) is 44.9 Å². The summed E-state index contributed by atoms with van der Waals surface area (Å²) in [5, 5.41) is 10.2. The minimum atomic E-state index is -3.50. The molecule has 4 aliphatic carbocycles. The van der Waals surface area contributed by atoms with Crippen molar-refractivity contribution < 1.29 is 13.4 Å². The Labute approximate surface area is 507 Å². The van der Waals surface area contributed by atoms with E-state index in [2.05, 4.69) is 285 Å². The number of pyridine rings is 1. The Balaban J connectivity index is 0.000000132. The molecule has 0 atom stereocenters. The maximum atomic E-state index is 16.8. The van der Waals surface area contributed by atoms with Crippen molar-refractivity contribution in [2.24, 2.45) is 0 Å². The van der Waals surface area contributed by atoms with Gasteiger partial charge in [0, 0.05) is 60.5 Å². The van der Waals surface area contributed by atoms with Gasteiger partial charge in [-0.25, -0.2) is 0 Å². The maximum absolute atomic E-state index is 16.8. The molecule has 0 saturated heterocycles. The molecule has 410 valence electrons. The molecule has 0 saturated carbocycles. The summed E-state index contributed by atoms with van der Waals surface area (Å²) in [6.45, 7) is 0. The van der Waals surface area contributed by atoms with E-state index in [0.29, 0.717) is 0 Å². The number of para-hydroxylation sites is 3. The highest BCUT2D eigenvalue weighted by atomic mass is 31.2. The maximum Gasteiger partial charge on any atom is 0.171 e. The molecule has 13 aromatic carbocycles. The molecule has 0 bridgehead atoms. The van der Waals surface area contributed by atoms with Gasteiger partial charge in [-0.3, -0.25) is 4.98 Å². The quantitative estimate of drug-likeness (QED) is 0.165. The smallest absolute Gasteiger partial charge is 0.171 e. The number of fused-ring (bicyclic) bond motifs is 27. The average Bonchev–Trinajstić information content (AvgIpc) is 1.51. The molecule has 16 aromatic rings. The van der Waals surface area contributed by atoms with Crippen LogP contribution in [0.3, 0.4) is 0 Å². The van der Waals surface area contributed by atoms with Crippen molar-refractivity contribution in [2.45, 2.75) is 10.8 Å². The van der Waals surface area contributed by atoms with Crippen molar-refractivity contribution >= 4 is 77.4 Å². The third kappa shape index (κ3) is 6.44. The Morgan fingerprint density at radius 2 is 0.750 bits per heavy atom. The van der Waals surface area contributed by atoms with E-state index >= 15 is 4.57 Å². The molecule has 88 heavy (non-hydrogen) atoms. The monoisotopic (exact) mass is 1140 g/mol. The van der Waals surface area contributed by atoms with Crippen LogP contribution in [0, 0.1) is 0 Å². The van der Waals surface area contributed by atoms with Crippen LogP contribution in [0.2, 0.25) is 0 Å². The fraction of sp³-hybridized carbons (Fsp3) is 0.0241. The summed E-state index contributed by atoms with van der Waals surface area (Å²) in [5.74, 6) is 1.93. The van der Waals surface area contributed by atoms with Crippen LogP contribution >= 0.6 is 7.14 Å². The summed E-state index contributed by atoms with van der Waals surface area (Å²) in [6.07, 6.45) is 1.88. The van der Waals surface area contributed by atoms with Crippen LogP contribution in [-0.4, -0.2) is 4.98 Å². The van der Waals surface area contributed by atoms with Gasteiger partial charge in [0.2, 0.25) is 0 Å². The third-order valence-electron chi connectivity index (χ3n) is 19.6. The van der Waals surface area contributed by atoms with Crippen molar-refractivity contribution in [2.75, 3.05) is 0 Å². The fourth-order valence-electron chi connectivity index (χ4n) is 16.0. The summed E-state index contributed by atoms with van der Waals surface area (Å²) < 4.78 is 30.7. The lowest BCUT2D eigenvalue weighted by Gasteiger charge is -2.29. The summed E-state index contributed by atoms with van der Waals surface area (Å²) in [5.41, 5.74) is 20.8. The molecule has 4 nitrogen and oxygen atoms in total. The number of aromatic nitrogens is 1. The molecule has 20 rings (SSSR count). The first-order chi connectivity index (χ1) is 43.5. The van der Waals surface area contributed by atoms with E-state index in [1.54, 1.807) is 0 Å². The second-order valence-electron chi connectivity index (χ2n) is 23.8. The van der Waals surface area contributed by atoms with Gasteiger partial charge in [-0.1, -0.05) is 261 Å². The highest BCUT2D eigenvalue weighted by Crippen LogP contribution is 2.67. The lowest BCUT2D eigenvalue weighted by atomic mass is 9.72. The van der Waals surface area contributed by atoms with Crippen molar-refractivity contribution in [3.8, 4) is 55.6 Å². The van der Waals surface area contributed by atoms with Crippen LogP contribution in [-0.2, 0) is 15.4 Å². The summed E-state index contributed by atoms with van der Waals surface area (Å²) >= 11 is 0. The predicted molar refractivity (Wildman–Crippen MR) is 360 cm³/mol. The SMILES string of the molecule is O=P(c1ccc2ccccc2c1)(c1ccc2ccccc2c1)c1cccc2c1-c1c(oc3ccccc13)C21c2ccccc2-c2ccccc21.c1ccc2c(c1)-c1ccccc1C21c2cc(-c3cccc4cccnc34)ccc2-c2c1oc1ccccc21. The second kappa shape index (κ2) is 18.3. The number of benzene rings is 13. The zero-order valence-electron chi connectivity index (χ0n) is 47.5. The van der Waals surface area contributed by atoms with E-state index in [4.69, 9.17) is 13.8 Å². The Bertz CT molecular complexity index is 5540. The van der Waals surface area contributed by atoms with E-state index in [9.17, 15) is 0 Å². The topological polar surface area (TPSA) is 56.2 Å². The van der Waals surface area contributed by atoms with Crippen molar-refractivity contribution in [3.63, 3.8) is 0 Å². The lowest BCUT2D eigenvalue weighted by molar-refractivity contribution is 0.506. The van der Waals surface area contributed by atoms with Gasteiger partial charge in [-0.05, 0) is 125 Å². The number of hydrogen-bond acceptors (Lipinski definition) is 4. The van der Waals surface area contributed by atoms with E-state index < -0.39 is 18.0 Å². The summed E-state index contributed by atoms with van der Waals surface area (Å²) in [6, 6.07) is 105. The van der Waals surface area contributed by atoms with Crippen LogP contribution in [0.4, 0.5) is 0 Å². The van der Waals surface area contributed by atoms with Crippen LogP contribution in [0.15, 0.2) is 312 Å². The van der Waals surface area contributed by atoms with E-state index in [0.717, 1.165) is 98.7 Å². The molecule has 3 aromatic heterocycles. The first-order valence-corrected chi connectivity index (χ1v) is 31.9. The molecule has 3 heterocycles. The molecule has 2 spiro atoms. The van der Waals surface area contributed by atoms with Gasteiger partial charge in [0.1, 0.15) is 33.5 Å². The van der Waals surface area contributed by atoms with Gasteiger partial charge in [-0.2, -0.15) is 0 Å². The fourth-order valence-corrected chi connectivity index (χ4v) is 19.0. The third-order valence-corrected chi connectivity index (χ3v) is 22.7. The van der Waals surface area contributed by atoms with E-state index in [-0.39, 0.29) is 0 Å². The number of nitrogens with zero attached hydrogens (tertiary/aromatic N) is 1. The molecule has 0 aliphatic heterocycles. The Hall–Kier alpha value is -10.9. The number of hydrogen-bond donors (Lipinski definition) is 0. The van der Waals surface area contributed by atoms with E-state index in [1.165, 1.54) is 72.1 Å². The minimum Gasteiger partial charge on any atom is -0.459 e. The highest BCUT2D eigenvalue weighted by Gasteiger charge is 2.57. The standard InChI is InChI=1S/C47H29O2P.C36H21NO/c48-50(34-26-24-30-12-1-3-14-32(30)28-34,35-27-25-31-13-2-4-15-33(31)29-35)43-23-11-21-41-45(43)44-38-18-7-10-22-42(38)49-46(44)47(41)39-19-8-5-16-36(39)37-17-6-9-20-40(37)47;1-4-15-29-25(11-1)26-12-2-5-16-30(26)36(29)31-21-23(24-14-7-9-22-10-8-20-37-34(22)24)18-19-27(31)33-28-13-3-6-17-32(28)38-35(33)36/h1-29H;1-21H. The first-order valence-electron chi connectivity index (χ1n) is 30.2. The van der Waals surface area contributed by atoms with Crippen molar-refractivity contribution in [3.05, 3.63) is 348 Å². The normalized spacial score (nSPS) is 13.9.